The zero-order valence-electron chi connectivity index (χ0n) is 4.01. The van der Waals surface area contributed by atoms with E-state index in [0.717, 1.165) is 0 Å². The van der Waals surface area contributed by atoms with Crippen LogP contribution in [0.25, 0.3) is 0 Å². The van der Waals surface area contributed by atoms with Crippen LogP contribution in [0.5, 0.6) is 0 Å². The Labute approximate surface area is 76.8 Å². The van der Waals surface area contributed by atoms with E-state index in [1.54, 1.807) is 0 Å². The third-order valence-electron chi connectivity index (χ3n) is 0. The van der Waals surface area contributed by atoms with Crippen molar-refractivity contribution in [1.82, 2.24) is 0 Å². The van der Waals surface area contributed by atoms with E-state index in [9.17, 15) is 0 Å². The molecule has 0 bridgehead atoms. The number of hydrogen-bond acceptors (Lipinski definition) is 1. The third kappa shape index (κ3) is 223. The molecule has 5 N–H and O–H groups in total. The third-order valence-corrected chi connectivity index (χ3v) is 0. The summed E-state index contributed by atoms with van der Waals surface area (Å²) in [5.41, 5.74) is 8.94. The first-order valence-corrected chi connectivity index (χ1v) is 0.827. The Bertz CT molecular complexity index is 35.9. The van der Waals surface area contributed by atoms with E-state index in [1.165, 1.54) is 0 Å². The van der Waals surface area contributed by atoms with E-state index >= 15 is 0 Å². The molecule has 0 spiro atoms. The van der Waals surface area contributed by atoms with Gasteiger partial charge in [-0.3, -0.25) is 5.41 Å². The monoisotopic (exact) mass is 155 g/mol. The molecule has 0 heterocycles. The molecular formula is CH8Cl2N3Na+2. The van der Waals surface area contributed by atoms with Gasteiger partial charge >= 0.3 is 29.6 Å². The molecule has 0 aliphatic carbocycles. The molecule has 0 amide bonds. The molecule has 0 aromatic heterocycles. The zero-order valence-corrected chi connectivity index (χ0v) is 7.72. The largest absolute Gasteiger partial charge is 1.00 e. The quantitative estimate of drug-likeness (QED) is 0.188. The van der Waals surface area contributed by atoms with Gasteiger partial charge in [0.2, 0.25) is 0 Å². The maximum absolute atomic E-state index is 6.06. The molecule has 0 aliphatic heterocycles. The molecule has 0 aliphatic rings. The Morgan fingerprint density at radius 1 is 1.29 bits per heavy atom. The van der Waals surface area contributed by atoms with Crippen LogP contribution in [0.1, 0.15) is 0 Å². The van der Waals surface area contributed by atoms with Gasteiger partial charge in [0.25, 0.3) is 0 Å². The Morgan fingerprint density at radius 2 is 1.29 bits per heavy atom. The fraction of sp³-hybridized carbons (Fsp3) is 0. The second-order valence-electron chi connectivity index (χ2n) is 0.455. The summed E-state index contributed by atoms with van der Waals surface area (Å²) in [6.07, 6.45) is 0. The maximum atomic E-state index is 6.06. The van der Waals surface area contributed by atoms with Crippen molar-refractivity contribution in [2.45, 2.75) is 0 Å². The summed E-state index contributed by atoms with van der Waals surface area (Å²) in [4.78, 5) is 0. The van der Waals surface area contributed by atoms with E-state index in [4.69, 9.17) is 5.41 Å². The summed E-state index contributed by atoms with van der Waals surface area (Å²) in [5.74, 6) is -0.333. The van der Waals surface area contributed by atoms with Crippen LogP contribution in [0.15, 0.2) is 0 Å². The molecule has 0 aromatic rings. The Morgan fingerprint density at radius 3 is 1.29 bits per heavy atom. The van der Waals surface area contributed by atoms with Crippen molar-refractivity contribution in [3.05, 3.63) is 0 Å². The van der Waals surface area contributed by atoms with Crippen molar-refractivity contribution < 1.29 is 42.0 Å². The number of guanidine groups is 1. The molecule has 0 aromatic carbocycles. The van der Waals surface area contributed by atoms with Crippen LogP contribution in [0, 0.1) is 17.8 Å². The summed E-state index contributed by atoms with van der Waals surface area (Å²) in [5, 5.41) is 6.06. The molecule has 0 fully saturated rings. The number of rotatable bonds is 0. The van der Waals surface area contributed by atoms with Crippen LogP contribution in [0.2, 0.25) is 0 Å². The Balaban J connectivity index is -0.0000000150. The first kappa shape index (κ1) is 24.9. The van der Waals surface area contributed by atoms with Crippen LogP contribution in [0.3, 0.4) is 0 Å². The molecule has 0 atom stereocenters. The predicted octanol–water partition coefficient (Wildman–Crippen LogP) is -4.27. The van der Waals surface area contributed by atoms with Gasteiger partial charge in [-0.25, -0.2) is 0 Å². The smallest absolute Gasteiger partial charge is 0.370 e. The van der Waals surface area contributed by atoms with E-state index < -0.39 is 0 Å². The molecule has 40 valence electrons. The minimum absolute atomic E-state index is 0. The average molecular weight is 156 g/mol. The first-order valence-electron chi connectivity index (χ1n) is 0.827. The molecular weight excluding hydrogens is 148 g/mol. The second kappa shape index (κ2) is 15.8. The van der Waals surface area contributed by atoms with Crippen LogP contribution >= 0.6 is 12.4 Å². The van der Waals surface area contributed by atoms with Crippen LogP contribution in [-0.2, 0) is 0 Å². The summed E-state index contributed by atoms with van der Waals surface area (Å²) < 4.78 is 0. The fourth-order valence-electron chi connectivity index (χ4n) is 0. The van der Waals surface area contributed by atoms with Gasteiger partial charge in [-0.1, -0.05) is 0 Å². The van der Waals surface area contributed by atoms with Crippen molar-refractivity contribution in [2.75, 3.05) is 0 Å². The number of nitrogens with two attached hydrogens (primary N) is 2. The van der Waals surface area contributed by atoms with Crippen LogP contribution in [-0.4, -0.2) is 5.96 Å². The van der Waals surface area contributed by atoms with Crippen molar-refractivity contribution in [1.29, 1.82) is 5.41 Å². The fourth-order valence-corrected chi connectivity index (χ4v) is 0. The number of hydrogen-bond donors (Lipinski definition) is 3. The van der Waals surface area contributed by atoms with Gasteiger partial charge < -0.3 is 11.5 Å². The molecule has 0 radical (unpaired) electrons. The number of nitrogens with one attached hydrogen (secondary N) is 1. The van der Waals surface area contributed by atoms with E-state index in [-0.39, 0.29) is 60.3 Å². The molecule has 3 nitrogen and oxygen atoms in total. The molecule has 0 unspecified atom stereocenters. The Hall–Kier alpha value is 0.850. The summed E-state index contributed by atoms with van der Waals surface area (Å²) in [6.45, 7) is 0. The predicted molar refractivity (Wildman–Crippen MR) is 26.1 cm³/mol. The van der Waals surface area contributed by atoms with Crippen LogP contribution < -0.4 is 41.0 Å². The maximum Gasteiger partial charge on any atom is 1.00 e. The normalized spacial score (nSPS) is 3.43. The average Bonchev–Trinajstić information content (AvgIpc) is 0.811. The van der Waals surface area contributed by atoms with Gasteiger partial charge in [-0.15, -0.1) is 12.4 Å². The molecule has 6 heteroatoms. The van der Waals surface area contributed by atoms with Gasteiger partial charge in [0.15, 0.2) is 5.96 Å². The number of halogens is 2. The second-order valence-corrected chi connectivity index (χ2v) is 0.455. The van der Waals surface area contributed by atoms with E-state index in [1.807, 2.05) is 0 Å². The first-order chi connectivity index (χ1) is 1.73. The van der Waals surface area contributed by atoms with Gasteiger partial charge in [-0.2, -0.15) is 0 Å². The SMILES string of the molecule is Cl.N=C(N)N.[ClH2+].[Na+]. The zero-order chi connectivity index (χ0) is 3.58. The molecule has 0 saturated heterocycles. The van der Waals surface area contributed by atoms with Crippen LogP contribution in [0.4, 0.5) is 0 Å². The van der Waals surface area contributed by atoms with Gasteiger partial charge in [0.05, 0.1) is 12.4 Å². The summed E-state index contributed by atoms with van der Waals surface area (Å²) >= 11 is 0. The van der Waals surface area contributed by atoms with Crippen molar-refractivity contribution in [2.24, 2.45) is 11.5 Å². The molecule has 7 heavy (non-hydrogen) atoms. The summed E-state index contributed by atoms with van der Waals surface area (Å²) in [6, 6.07) is 0. The van der Waals surface area contributed by atoms with Gasteiger partial charge in [-0.05, 0) is 0 Å². The molecule has 0 saturated carbocycles. The minimum Gasteiger partial charge on any atom is -0.370 e. The summed E-state index contributed by atoms with van der Waals surface area (Å²) in [7, 11) is 0. The topological polar surface area (TPSA) is 75.9 Å². The van der Waals surface area contributed by atoms with E-state index in [2.05, 4.69) is 11.5 Å². The minimum atomic E-state index is -0.333. The van der Waals surface area contributed by atoms with Gasteiger partial charge in [0.1, 0.15) is 0 Å². The Kier molecular flexibility index (Phi) is 56.1. The van der Waals surface area contributed by atoms with E-state index in [0.29, 0.717) is 0 Å². The molecule has 0 rings (SSSR count). The van der Waals surface area contributed by atoms with Gasteiger partial charge in [0, 0.05) is 0 Å². The standard InChI is InChI=1S/CH5N3.ClH2.ClH.Na/c2-1(3)4;;;/h(H5,2,3,4);1H2;1H;/q;+1;;+1. The van der Waals surface area contributed by atoms with Crippen molar-refractivity contribution in [3.8, 4) is 0 Å². The van der Waals surface area contributed by atoms with Crippen molar-refractivity contribution >= 4 is 18.4 Å². The van der Waals surface area contributed by atoms with Crippen molar-refractivity contribution in [3.63, 3.8) is 0 Å².